The molecule has 0 heteroatoms. The van der Waals surface area contributed by atoms with Gasteiger partial charge in [-0.2, -0.15) is 0 Å². The zero-order valence-corrected chi connectivity index (χ0v) is 6.60. The topological polar surface area (TPSA) is 0 Å². The van der Waals surface area contributed by atoms with Crippen LogP contribution < -0.4 is 0 Å². The summed E-state index contributed by atoms with van der Waals surface area (Å²) in [5, 5.41) is 0. The van der Waals surface area contributed by atoms with Gasteiger partial charge in [0.1, 0.15) is 0 Å². The molecule has 0 aromatic heterocycles. The number of allylic oxidation sites excluding steroid dienone is 1. The van der Waals surface area contributed by atoms with Crippen molar-refractivity contribution in [3.05, 3.63) is 12.2 Å². The van der Waals surface area contributed by atoms with Crippen molar-refractivity contribution in [3.8, 4) is 0 Å². The van der Waals surface area contributed by atoms with E-state index in [0.29, 0.717) is 0 Å². The van der Waals surface area contributed by atoms with Crippen molar-refractivity contribution in [2.24, 2.45) is 11.8 Å². The fraction of sp³-hybridized carbons (Fsp3) is 0.800. The highest BCUT2D eigenvalue weighted by Crippen LogP contribution is 2.42. The molecule has 2 aliphatic rings. The molecule has 0 radical (unpaired) electrons. The smallest absolute Gasteiger partial charge is 0.0203 e. The first kappa shape index (κ1) is 6.45. The minimum atomic E-state index is 0.924. The maximum atomic E-state index is 4.15. The highest BCUT2D eigenvalue weighted by atomic mass is 14.3. The standard InChI is InChI=1S/C10H16/c1-8-3-2-4-9-5-6-10(8)7-9/h9-10H,1-7H2. The van der Waals surface area contributed by atoms with Crippen molar-refractivity contribution < 1.29 is 0 Å². The summed E-state index contributed by atoms with van der Waals surface area (Å²) >= 11 is 0. The molecule has 2 fully saturated rings. The zero-order chi connectivity index (χ0) is 6.97. The van der Waals surface area contributed by atoms with E-state index in [4.69, 9.17) is 0 Å². The highest BCUT2D eigenvalue weighted by molar-refractivity contribution is 5.05. The van der Waals surface area contributed by atoms with Crippen LogP contribution >= 0.6 is 0 Å². The van der Waals surface area contributed by atoms with E-state index < -0.39 is 0 Å². The third-order valence-corrected chi connectivity index (χ3v) is 3.23. The molecule has 2 saturated carbocycles. The molecular weight excluding hydrogens is 120 g/mol. The lowest BCUT2D eigenvalue weighted by Gasteiger charge is -2.09. The average molecular weight is 136 g/mol. The lowest BCUT2D eigenvalue weighted by atomic mass is 9.96. The Morgan fingerprint density at radius 2 is 2.10 bits per heavy atom. The fourth-order valence-corrected chi connectivity index (χ4v) is 2.53. The zero-order valence-electron chi connectivity index (χ0n) is 6.60. The lowest BCUT2D eigenvalue weighted by molar-refractivity contribution is 0.495. The first-order valence-corrected chi connectivity index (χ1v) is 4.54. The van der Waals surface area contributed by atoms with Gasteiger partial charge in [0.2, 0.25) is 0 Å². The van der Waals surface area contributed by atoms with Crippen LogP contribution in [0.5, 0.6) is 0 Å². The SMILES string of the molecule is C=C1CCCC2CCC1C2. The van der Waals surface area contributed by atoms with Crippen molar-refractivity contribution >= 4 is 0 Å². The maximum Gasteiger partial charge on any atom is -0.0203 e. The predicted octanol–water partition coefficient (Wildman–Crippen LogP) is 3.14. The van der Waals surface area contributed by atoms with E-state index in [9.17, 15) is 0 Å². The lowest BCUT2D eigenvalue weighted by Crippen LogP contribution is -1.94. The summed E-state index contributed by atoms with van der Waals surface area (Å²) in [5.41, 5.74) is 1.56. The van der Waals surface area contributed by atoms with Crippen molar-refractivity contribution in [2.45, 2.75) is 38.5 Å². The molecule has 0 spiro atoms. The van der Waals surface area contributed by atoms with E-state index in [1.54, 1.807) is 5.57 Å². The van der Waals surface area contributed by atoms with E-state index in [0.717, 1.165) is 11.8 Å². The van der Waals surface area contributed by atoms with Crippen LogP contribution in [-0.4, -0.2) is 0 Å². The number of hydrogen-bond acceptors (Lipinski definition) is 0. The molecule has 2 aliphatic carbocycles. The van der Waals surface area contributed by atoms with Crippen LogP contribution in [0.15, 0.2) is 12.2 Å². The van der Waals surface area contributed by atoms with E-state index in [-0.39, 0.29) is 0 Å². The van der Waals surface area contributed by atoms with Crippen LogP contribution in [0, 0.1) is 11.8 Å². The van der Waals surface area contributed by atoms with Crippen molar-refractivity contribution in [1.82, 2.24) is 0 Å². The minimum absolute atomic E-state index is 0.924. The molecular formula is C10H16. The molecule has 56 valence electrons. The van der Waals surface area contributed by atoms with E-state index in [2.05, 4.69) is 6.58 Å². The monoisotopic (exact) mass is 136 g/mol. The highest BCUT2D eigenvalue weighted by Gasteiger charge is 2.28. The summed E-state index contributed by atoms with van der Waals surface area (Å²) < 4.78 is 0. The second-order valence-corrected chi connectivity index (χ2v) is 3.93. The summed E-state index contributed by atoms with van der Waals surface area (Å²) in [5.74, 6) is 2.00. The molecule has 0 aromatic carbocycles. The van der Waals surface area contributed by atoms with Gasteiger partial charge in [0.05, 0.1) is 0 Å². The molecule has 2 rings (SSSR count). The van der Waals surface area contributed by atoms with Crippen LogP contribution in [0.4, 0.5) is 0 Å². The van der Waals surface area contributed by atoms with E-state index in [1.807, 2.05) is 0 Å². The van der Waals surface area contributed by atoms with Crippen molar-refractivity contribution in [3.63, 3.8) is 0 Å². The van der Waals surface area contributed by atoms with Gasteiger partial charge in [0, 0.05) is 0 Å². The van der Waals surface area contributed by atoms with Crippen LogP contribution in [0.25, 0.3) is 0 Å². The largest absolute Gasteiger partial charge is 0.0996 e. The van der Waals surface area contributed by atoms with Crippen LogP contribution in [0.2, 0.25) is 0 Å². The molecule has 0 nitrogen and oxygen atoms in total. The summed E-state index contributed by atoms with van der Waals surface area (Å²) in [4.78, 5) is 0. The van der Waals surface area contributed by atoms with Gasteiger partial charge in [-0.3, -0.25) is 0 Å². The maximum absolute atomic E-state index is 4.15. The van der Waals surface area contributed by atoms with Gasteiger partial charge in [0.25, 0.3) is 0 Å². The summed E-state index contributed by atoms with van der Waals surface area (Å²) in [6.45, 7) is 4.15. The Morgan fingerprint density at radius 3 is 3.00 bits per heavy atom. The second kappa shape index (κ2) is 2.41. The van der Waals surface area contributed by atoms with Gasteiger partial charge in [-0.1, -0.05) is 18.6 Å². The third-order valence-electron chi connectivity index (χ3n) is 3.23. The van der Waals surface area contributed by atoms with Gasteiger partial charge >= 0.3 is 0 Å². The summed E-state index contributed by atoms with van der Waals surface area (Å²) in [6.07, 6.45) is 8.63. The van der Waals surface area contributed by atoms with E-state index >= 15 is 0 Å². The Balaban J connectivity index is 2.10. The summed E-state index contributed by atoms with van der Waals surface area (Å²) in [6, 6.07) is 0. The Hall–Kier alpha value is -0.260. The first-order chi connectivity index (χ1) is 4.86. The van der Waals surface area contributed by atoms with E-state index in [1.165, 1.54) is 38.5 Å². The average Bonchev–Trinajstić information content (AvgIpc) is 2.27. The quantitative estimate of drug-likeness (QED) is 0.449. The Labute approximate surface area is 63.3 Å². The Morgan fingerprint density at radius 1 is 1.20 bits per heavy atom. The normalized spacial score (nSPS) is 39.8. The fourth-order valence-electron chi connectivity index (χ4n) is 2.53. The third kappa shape index (κ3) is 1.00. The number of fused-ring (bicyclic) bond motifs is 2. The Kier molecular flexibility index (Phi) is 1.55. The number of rotatable bonds is 0. The molecule has 0 aromatic rings. The predicted molar refractivity (Wildman–Crippen MR) is 43.8 cm³/mol. The van der Waals surface area contributed by atoms with Crippen LogP contribution in [-0.2, 0) is 0 Å². The molecule has 0 N–H and O–H groups in total. The van der Waals surface area contributed by atoms with Gasteiger partial charge in [-0.25, -0.2) is 0 Å². The minimum Gasteiger partial charge on any atom is -0.0996 e. The van der Waals surface area contributed by atoms with Gasteiger partial charge < -0.3 is 0 Å². The second-order valence-electron chi connectivity index (χ2n) is 3.93. The molecule has 2 unspecified atom stereocenters. The van der Waals surface area contributed by atoms with Crippen molar-refractivity contribution in [1.29, 1.82) is 0 Å². The van der Waals surface area contributed by atoms with Crippen molar-refractivity contribution in [2.75, 3.05) is 0 Å². The van der Waals surface area contributed by atoms with Crippen LogP contribution in [0.3, 0.4) is 0 Å². The molecule has 0 heterocycles. The molecule has 0 saturated heterocycles. The van der Waals surface area contributed by atoms with Gasteiger partial charge in [-0.05, 0) is 43.9 Å². The first-order valence-electron chi connectivity index (χ1n) is 4.54. The summed E-state index contributed by atoms with van der Waals surface area (Å²) in [7, 11) is 0. The molecule has 2 atom stereocenters. The molecule has 2 bridgehead atoms. The van der Waals surface area contributed by atoms with Crippen LogP contribution in [0.1, 0.15) is 38.5 Å². The molecule has 10 heavy (non-hydrogen) atoms. The Bertz CT molecular complexity index is 146. The molecule has 0 amide bonds. The molecule has 0 aliphatic heterocycles. The van der Waals surface area contributed by atoms with Gasteiger partial charge in [0.15, 0.2) is 0 Å². The number of hydrogen-bond donors (Lipinski definition) is 0. The van der Waals surface area contributed by atoms with Gasteiger partial charge in [-0.15, -0.1) is 0 Å².